The normalized spacial score (nSPS) is 14.5. The van der Waals surface area contributed by atoms with Gasteiger partial charge in [0.2, 0.25) is 0 Å². The molecule has 0 aliphatic heterocycles. The molecule has 0 saturated carbocycles. The second-order valence-corrected chi connectivity index (χ2v) is 19.4. The van der Waals surface area contributed by atoms with E-state index < -0.39 is 13.7 Å². The van der Waals surface area contributed by atoms with Gasteiger partial charge in [-0.2, -0.15) is 0 Å². The summed E-state index contributed by atoms with van der Waals surface area (Å²) in [5, 5.41) is 0. The van der Waals surface area contributed by atoms with Crippen molar-refractivity contribution in [1.82, 2.24) is 0 Å². The van der Waals surface area contributed by atoms with Crippen LogP contribution in [0, 0.1) is 5.41 Å². The molecule has 0 amide bonds. The van der Waals surface area contributed by atoms with Gasteiger partial charge in [0.05, 0.1) is 0 Å². The monoisotopic (exact) mass is 325 g/mol. The molecule has 0 aliphatic carbocycles. The van der Waals surface area contributed by atoms with E-state index in [1.165, 1.54) is 0 Å². The Kier molecular flexibility index (Phi) is 4.99. The molecule has 0 saturated heterocycles. The predicted molar refractivity (Wildman–Crippen MR) is 58.1 cm³/mol. The number of hydrogen-bond acceptors (Lipinski definition) is 1. The van der Waals surface area contributed by atoms with Gasteiger partial charge in [0.15, 0.2) is 0 Å². The van der Waals surface area contributed by atoms with Crippen molar-refractivity contribution < 1.29 is 13.7 Å². The van der Waals surface area contributed by atoms with Crippen molar-refractivity contribution in [3.8, 4) is 0 Å². The third-order valence-corrected chi connectivity index (χ3v) is 4.58. The predicted octanol–water partition coefficient (Wildman–Crippen LogP) is 5.00. The first-order valence-electron chi connectivity index (χ1n) is 4.14. The van der Waals surface area contributed by atoms with Crippen LogP contribution < -0.4 is 0 Å². The molecule has 0 atom stereocenters. The molecule has 0 aromatic rings. The molecule has 0 radical (unpaired) electrons. The van der Waals surface area contributed by atoms with E-state index in [4.69, 9.17) is 27.6 Å². The summed E-state index contributed by atoms with van der Waals surface area (Å²) in [7, 11) is 17.4. The molecule has 13 heavy (non-hydrogen) atoms. The van der Waals surface area contributed by atoms with Crippen LogP contribution in [0.1, 0.15) is 41.0 Å². The zero-order valence-corrected chi connectivity index (χ0v) is 13.2. The van der Waals surface area contributed by atoms with Crippen LogP contribution in [-0.2, 0) is 13.7 Å². The maximum absolute atomic E-state index is 5.81. The van der Waals surface area contributed by atoms with Gasteiger partial charge in [-0.05, 0) is 0 Å². The summed E-state index contributed by atoms with van der Waals surface area (Å²) in [6, 6.07) is 0. The van der Waals surface area contributed by atoms with Crippen LogP contribution in [0.15, 0.2) is 3.34 Å². The van der Waals surface area contributed by atoms with Gasteiger partial charge in [0.1, 0.15) is 0 Å². The second kappa shape index (κ2) is 4.51. The van der Waals surface area contributed by atoms with Crippen LogP contribution in [-0.4, -0.2) is 5.54 Å². The summed E-state index contributed by atoms with van der Waals surface area (Å²) in [5.41, 5.74) is 0.00225. The van der Waals surface area contributed by atoms with Gasteiger partial charge in [-0.15, -0.1) is 0 Å². The summed E-state index contributed by atoms with van der Waals surface area (Å²) >= 11 is -3.44. The first-order chi connectivity index (χ1) is 5.41. The van der Waals surface area contributed by atoms with Crippen LogP contribution in [0.5, 0.6) is 0 Å². The van der Waals surface area contributed by atoms with E-state index >= 15 is 0 Å². The second-order valence-electron chi connectivity index (χ2n) is 5.07. The number of nitrogens with zero attached hydrogens (tertiary/aromatic N) is 1. The van der Waals surface area contributed by atoms with Crippen molar-refractivity contribution in [2.24, 2.45) is 8.75 Å². The third-order valence-electron chi connectivity index (χ3n) is 1.35. The summed E-state index contributed by atoms with van der Waals surface area (Å²) in [4.78, 5) is 0. The van der Waals surface area contributed by atoms with E-state index in [0.29, 0.717) is 0 Å². The molecule has 0 fully saturated rings. The molecule has 1 nitrogen and oxygen atoms in total. The Morgan fingerprint density at radius 2 is 1.38 bits per heavy atom. The van der Waals surface area contributed by atoms with E-state index in [1.807, 2.05) is 13.8 Å². The number of rotatable bonds is 2. The SMILES string of the molecule is CC(C)(C)CC(C)(C)[N]=[Nb]([Cl])([Cl])[Cl]. The molecular weight excluding hydrogens is 309 g/mol. The molecule has 0 aromatic heterocycles. The first kappa shape index (κ1) is 14.4. The molecular formula is C8H17Cl3NNb. The van der Waals surface area contributed by atoms with E-state index in [2.05, 4.69) is 24.1 Å². The topological polar surface area (TPSA) is 12.4 Å². The summed E-state index contributed by atoms with van der Waals surface area (Å²) in [6.07, 6.45) is 0.933. The zero-order valence-electron chi connectivity index (χ0n) is 8.74. The van der Waals surface area contributed by atoms with Crippen LogP contribution >= 0.6 is 27.6 Å². The van der Waals surface area contributed by atoms with Crippen LogP contribution in [0.25, 0.3) is 0 Å². The quantitative estimate of drug-likeness (QED) is 0.633. The molecule has 0 heterocycles. The molecule has 0 N–H and O–H groups in total. The number of hydrogen-bond donors (Lipinski definition) is 0. The number of halogens is 3. The van der Waals surface area contributed by atoms with Crippen molar-refractivity contribution in [2.45, 2.75) is 46.6 Å². The Hall–Kier alpha value is 1.41. The summed E-state index contributed by atoms with van der Waals surface area (Å²) < 4.78 is 4.32. The van der Waals surface area contributed by atoms with Crippen LogP contribution in [0.4, 0.5) is 0 Å². The average molecular weight is 326 g/mol. The van der Waals surface area contributed by atoms with E-state index in [9.17, 15) is 0 Å². The van der Waals surface area contributed by atoms with Gasteiger partial charge in [0.25, 0.3) is 0 Å². The van der Waals surface area contributed by atoms with Gasteiger partial charge in [-0.3, -0.25) is 0 Å². The van der Waals surface area contributed by atoms with Crippen molar-refractivity contribution >= 4 is 27.6 Å². The van der Waals surface area contributed by atoms with Gasteiger partial charge >= 0.3 is 96.6 Å². The van der Waals surface area contributed by atoms with E-state index in [0.717, 1.165) is 6.42 Å². The van der Waals surface area contributed by atoms with E-state index in [-0.39, 0.29) is 11.0 Å². The molecule has 0 unspecified atom stereocenters. The fourth-order valence-corrected chi connectivity index (χ4v) is 6.95. The van der Waals surface area contributed by atoms with Gasteiger partial charge < -0.3 is 0 Å². The Labute approximate surface area is 96.0 Å². The Morgan fingerprint density at radius 1 is 1.00 bits per heavy atom. The average Bonchev–Trinajstić information content (AvgIpc) is 1.43. The Bertz CT molecular complexity index is 216. The summed E-state index contributed by atoms with van der Waals surface area (Å²) in [6.45, 7) is 10.5. The van der Waals surface area contributed by atoms with Crippen molar-refractivity contribution in [3.05, 3.63) is 0 Å². The van der Waals surface area contributed by atoms with Gasteiger partial charge in [0, 0.05) is 0 Å². The van der Waals surface area contributed by atoms with E-state index in [1.54, 1.807) is 0 Å². The van der Waals surface area contributed by atoms with Crippen LogP contribution in [0.2, 0.25) is 0 Å². The van der Waals surface area contributed by atoms with Crippen molar-refractivity contribution in [1.29, 1.82) is 0 Å². The van der Waals surface area contributed by atoms with Gasteiger partial charge in [-0.1, -0.05) is 0 Å². The van der Waals surface area contributed by atoms with Crippen molar-refractivity contribution in [3.63, 3.8) is 0 Å². The molecule has 0 rings (SSSR count). The molecule has 0 spiro atoms. The third kappa shape index (κ3) is 9.71. The van der Waals surface area contributed by atoms with Crippen molar-refractivity contribution in [2.75, 3.05) is 0 Å². The molecule has 0 bridgehead atoms. The minimum atomic E-state index is -3.44. The fourth-order valence-electron chi connectivity index (χ4n) is 1.64. The fraction of sp³-hybridized carbons (Fsp3) is 1.00. The Morgan fingerprint density at radius 3 is 1.62 bits per heavy atom. The molecule has 0 aliphatic rings. The van der Waals surface area contributed by atoms with Gasteiger partial charge in [-0.25, -0.2) is 0 Å². The zero-order chi connectivity index (χ0) is 10.9. The molecule has 5 heteroatoms. The first-order valence-corrected chi connectivity index (χ1v) is 13.6. The Balaban J connectivity index is 4.62. The molecule has 80 valence electrons. The molecule has 0 aromatic carbocycles. The maximum atomic E-state index is 5.81. The standard InChI is InChI=1S/C8H17N.3ClH.Nb/c1-7(2,3)6-8(4,5)9;;;;/h6H2,1-5H3;3*1H;/q;;;;+3/p-3. The van der Waals surface area contributed by atoms with Crippen LogP contribution in [0.3, 0.4) is 0 Å². The minimum absolute atomic E-state index is 0.213. The summed E-state index contributed by atoms with van der Waals surface area (Å²) in [5.74, 6) is 0.